The Hall–Kier alpha value is -2.82. The van der Waals surface area contributed by atoms with Gasteiger partial charge in [-0.25, -0.2) is 4.99 Å². The van der Waals surface area contributed by atoms with Gasteiger partial charge in [-0.3, -0.25) is 10.1 Å². The van der Waals surface area contributed by atoms with E-state index in [-0.39, 0.29) is 11.9 Å². The van der Waals surface area contributed by atoms with Crippen molar-refractivity contribution in [1.29, 1.82) is 0 Å². The fourth-order valence-corrected chi connectivity index (χ4v) is 2.02. The van der Waals surface area contributed by atoms with Crippen molar-refractivity contribution < 1.29 is 9.53 Å². The highest BCUT2D eigenvalue weighted by Crippen LogP contribution is 2.27. The number of nitrogens with zero attached hydrogens (tertiary/aromatic N) is 1. The third kappa shape index (κ3) is 2.47. The molecule has 0 fully saturated rings. The highest BCUT2D eigenvalue weighted by molar-refractivity contribution is 6.04. The first kappa shape index (κ1) is 12.2. The summed E-state index contributed by atoms with van der Waals surface area (Å²) in [5, 5.41) is 2.48. The van der Waals surface area contributed by atoms with E-state index in [0.29, 0.717) is 5.75 Å². The molecule has 3 N–H and O–H groups in total. The number of carbonyl (C=O) groups excluding carboxylic acids is 1. The van der Waals surface area contributed by atoms with Crippen molar-refractivity contribution in [3.8, 4) is 11.5 Å². The second-order valence-electron chi connectivity index (χ2n) is 4.39. The summed E-state index contributed by atoms with van der Waals surface area (Å²) in [5.74, 6) is 1.32. The lowest BCUT2D eigenvalue weighted by Gasteiger charge is -2.09. The fraction of sp³-hybridized carbons (Fsp3) is 0.0667. The number of aliphatic imine (C=N–C) groups is 1. The molecule has 2 aromatic rings. The van der Waals surface area contributed by atoms with E-state index < -0.39 is 6.04 Å². The summed E-state index contributed by atoms with van der Waals surface area (Å²) < 4.78 is 5.73. The van der Waals surface area contributed by atoms with Crippen LogP contribution in [0.1, 0.15) is 11.6 Å². The van der Waals surface area contributed by atoms with Gasteiger partial charge in [0.15, 0.2) is 12.0 Å². The number of benzene rings is 2. The van der Waals surface area contributed by atoms with Gasteiger partial charge in [-0.05, 0) is 29.8 Å². The summed E-state index contributed by atoms with van der Waals surface area (Å²) in [6, 6.07) is 16.1. The minimum absolute atomic E-state index is 0.148. The van der Waals surface area contributed by atoms with E-state index in [9.17, 15) is 4.79 Å². The van der Waals surface area contributed by atoms with Crippen molar-refractivity contribution in [2.75, 3.05) is 0 Å². The van der Waals surface area contributed by atoms with Crippen molar-refractivity contribution in [3.05, 3.63) is 60.2 Å². The average Bonchev–Trinajstić information content (AvgIpc) is 2.79. The summed E-state index contributed by atoms with van der Waals surface area (Å²) in [6.07, 6.45) is 0. The largest absolute Gasteiger partial charge is 0.457 e. The van der Waals surface area contributed by atoms with Gasteiger partial charge in [-0.1, -0.05) is 30.3 Å². The molecule has 0 aromatic heterocycles. The van der Waals surface area contributed by atoms with Crippen LogP contribution in [-0.2, 0) is 4.79 Å². The Morgan fingerprint density at radius 2 is 1.80 bits per heavy atom. The lowest BCUT2D eigenvalue weighted by atomic mass is 10.1. The zero-order valence-corrected chi connectivity index (χ0v) is 10.6. The average molecular weight is 267 g/mol. The van der Waals surface area contributed by atoms with Crippen LogP contribution in [0.25, 0.3) is 0 Å². The molecular weight excluding hydrogens is 254 g/mol. The lowest BCUT2D eigenvalue weighted by Crippen LogP contribution is -2.31. The monoisotopic (exact) mass is 267 g/mol. The maximum absolute atomic E-state index is 11.7. The predicted octanol–water partition coefficient (Wildman–Crippen LogP) is 1.96. The summed E-state index contributed by atoms with van der Waals surface area (Å²) >= 11 is 0. The minimum atomic E-state index is -0.602. The van der Waals surface area contributed by atoms with E-state index in [1.165, 1.54) is 0 Å². The number of nitrogens with one attached hydrogen (secondary N) is 1. The molecule has 0 saturated carbocycles. The van der Waals surface area contributed by atoms with Gasteiger partial charge in [-0.2, -0.15) is 0 Å². The Morgan fingerprint density at radius 3 is 2.50 bits per heavy atom. The molecule has 1 unspecified atom stereocenters. The molecule has 0 saturated heterocycles. The van der Waals surface area contributed by atoms with Gasteiger partial charge in [0.25, 0.3) is 5.91 Å². The smallest absolute Gasteiger partial charge is 0.256 e. The molecule has 1 atom stereocenters. The van der Waals surface area contributed by atoms with Crippen LogP contribution in [0.3, 0.4) is 0 Å². The molecule has 5 heteroatoms. The highest BCUT2D eigenvalue weighted by Gasteiger charge is 2.26. The third-order valence-corrected chi connectivity index (χ3v) is 2.92. The number of amides is 1. The summed E-state index contributed by atoms with van der Waals surface area (Å²) in [6.45, 7) is 0. The maximum Gasteiger partial charge on any atom is 0.256 e. The van der Waals surface area contributed by atoms with Crippen LogP contribution >= 0.6 is 0 Å². The quantitative estimate of drug-likeness (QED) is 0.892. The number of hydrogen-bond acceptors (Lipinski definition) is 4. The SMILES string of the molecule is NC1=NC(c2cccc(Oc3ccccc3)c2)C(=O)N1. The number of ether oxygens (including phenoxy) is 1. The Morgan fingerprint density at radius 1 is 1.05 bits per heavy atom. The van der Waals surface area contributed by atoms with E-state index in [1.807, 2.05) is 48.5 Å². The van der Waals surface area contributed by atoms with Crippen molar-refractivity contribution in [2.45, 2.75) is 6.04 Å². The van der Waals surface area contributed by atoms with E-state index in [0.717, 1.165) is 11.3 Å². The van der Waals surface area contributed by atoms with Crippen LogP contribution < -0.4 is 15.8 Å². The van der Waals surface area contributed by atoms with Crippen molar-refractivity contribution in [3.63, 3.8) is 0 Å². The standard InChI is InChI=1S/C15H13N3O2/c16-15-17-13(14(19)18-15)10-5-4-8-12(9-10)20-11-6-2-1-3-7-11/h1-9,13H,(H3,16,17,18,19). The Bertz CT molecular complexity index is 668. The zero-order chi connectivity index (χ0) is 13.9. The van der Waals surface area contributed by atoms with Gasteiger partial charge in [0.1, 0.15) is 11.5 Å². The second-order valence-corrected chi connectivity index (χ2v) is 4.39. The summed E-state index contributed by atoms with van der Waals surface area (Å²) in [7, 11) is 0. The first-order chi connectivity index (χ1) is 9.72. The highest BCUT2D eigenvalue weighted by atomic mass is 16.5. The first-order valence-electron chi connectivity index (χ1n) is 6.19. The van der Waals surface area contributed by atoms with Crippen molar-refractivity contribution >= 4 is 11.9 Å². The maximum atomic E-state index is 11.7. The number of rotatable bonds is 3. The Kier molecular flexibility index (Phi) is 3.09. The Balaban J connectivity index is 1.85. The van der Waals surface area contributed by atoms with Crippen molar-refractivity contribution in [1.82, 2.24) is 5.32 Å². The molecule has 0 aliphatic carbocycles. The molecule has 1 aliphatic rings. The molecular formula is C15H13N3O2. The van der Waals surface area contributed by atoms with Gasteiger partial charge in [-0.15, -0.1) is 0 Å². The number of nitrogens with two attached hydrogens (primary N) is 1. The number of carbonyl (C=O) groups is 1. The molecule has 5 nitrogen and oxygen atoms in total. The topological polar surface area (TPSA) is 76.7 Å². The van der Waals surface area contributed by atoms with E-state index >= 15 is 0 Å². The molecule has 0 spiro atoms. The fourth-order valence-electron chi connectivity index (χ4n) is 2.02. The lowest BCUT2D eigenvalue weighted by molar-refractivity contribution is -0.120. The van der Waals surface area contributed by atoms with Crippen LogP contribution in [-0.4, -0.2) is 11.9 Å². The number of guanidine groups is 1. The van der Waals surface area contributed by atoms with E-state index in [1.54, 1.807) is 6.07 Å². The molecule has 2 aromatic carbocycles. The summed E-state index contributed by atoms with van der Waals surface area (Å²) in [5.41, 5.74) is 6.25. The number of hydrogen-bond donors (Lipinski definition) is 2. The van der Waals surface area contributed by atoms with E-state index in [2.05, 4.69) is 10.3 Å². The van der Waals surface area contributed by atoms with Gasteiger partial charge < -0.3 is 10.5 Å². The first-order valence-corrected chi connectivity index (χ1v) is 6.19. The molecule has 20 heavy (non-hydrogen) atoms. The number of para-hydroxylation sites is 1. The molecule has 1 heterocycles. The molecule has 0 radical (unpaired) electrons. The van der Waals surface area contributed by atoms with Gasteiger partial charge in [0.05, 0.1) is 0 Å². The van der Waals surface area contributed by atoms with Gasteiger partial charge in [0.2, 0.25) is 0 Å². The molecule has 0 bridgehead atoms. The van der Waals surface area contributed by atoms with Crippen LogP contribution in [0.4, 0.5) is 0 Å². The minimum Gasteiger partial charge on any atom is -0.457 e. The Labute approximate surface area is 116 Å². The van der Waals surface area contributed by atoms with Crippen LogP contribution in [0.5, 0.6) is 11.5 Å². The summed E-state index contributed by atoms with van der Waals surface area (Å²) in [4.78, 5) is 15.8. The molecule has 3 rings (SSSR count). The third-order valence-electron chi connectivity index (χ3n) is 2.92. The van der Waals surface area contributed by atoms with Crippen LogP contribution in [0.15, 0.2) is 59.6 Å². The second kappa shape index (κ2) is 5.05. The van der Waals surface area contributed by atoms with Gasteiger partial charge in [0, 0.05) is 0 Å². The van der Waals surface area contributed by atoms with Gasteiger partial charge >= 0.3 is 0 Å². The van der Waals surface area contributed by atoms with E-state index in [4.69, 9.17) is 10.5 Å². The zero-order valence-electron chi connectivity index (χ0n) is 10.6. The van der Waals surface area contributed by atoms with Crippen LogP contribution in [0.2, 0.25) is 0 Å². The molecule has 1 aliphatic heterocycles. The van der Waals surface area contributed by atoms with Crippen molar-refractivity contribution in [2.24, 2.45) is 10.7 Å². The predicted molar refractivity (Wildman–Crippen MR) is 75.5 cm³/mol. The normalized spacial score (nSPS) is 17.5. The van der Waals surface area contributed by atoms with Crippen LogP contribution in [0, 0.1) is 0 Å². The molecule has 1 amide bonds. The molecule has 100 valence electrons.